The Morgan fingerprint density at radius 3 is 2.48 bits per heavy atom. The third-order valence-corrected chi connectivity index (χ3v) is 3.13. The average Bonchev–Trinajstić information content (AvgIpc) is 2.59. The molecule has 5 heteroatoms. The number of nitrogens with one attached hydrogen (secondary N) is 1. The number of hydrogen-bond acceptors (Lipinski definition) is 4. The van der Waals surface area contributed by atoms with E-state index in [1.807, 2.05) is 12.1 Å². The summed E-state index contributed by atoms with van der Waals surface area (Å²) in [6, 6.07) is 13.5. The van der Waals surface area contributed by atoms with E-state index < -0.39 is 5.97 Å². The second-order valence-corrected chi connectivity index (χ2v) is 4.73. The molecule has 0 bridgehead atoms. The van der Waals surface area contributed by atoms with Gasteiger partial charge in [-0.3, -0.25) is 4.79 Å². The second kappa shape index (κ2) is 7.91. The molecule has 2 rings (SSSR count). The number of aliphatic hydroxyl groups is 1. The van der Waals surface area contributed by atoms with E-state index in [1.54, 1.807) is 48.6 Å². The van der Waals surface area contributed by atoms with Gasteiger partial charge < -0.3 is 15.2 Å². The summed E-state index contributed by atoms with van der Waals surface area (Å²) in [6.07, 6.45) is 3.38. The van der Waals surface area contributed by atoms with Crippen LogP contribution in [0.1, 0.15) is 26.3 Å². The largest absolute Gasteiger partial charge is 0.465 e. The number of ether oxygens (including phenoxy) is 1. The van der Waals surface area contributed by atoms with Gasteiger partial charge in [0.2, 0.25) is 0 Å². The van der Waals surface area contributed by atoms with E-state index in [1.165, 1.54) is 7.11 Å². The fourth-order valence-electron chi connectivity index (χ4n) is 1.99. The zero-order valence-corrected chi connectivity index (χ0v) is 12.7. The van der Waals surface area contributed by atoms with Gasteiger partial charge in [0, 0.05) is 11.3 Å². The second-order valence-electron chi connectivity index (χ2n) is 4.73. The van der Waals surface area contributed by atoms with Gasteiger partial charge in [-0.2, -0.15) is 0 Å². The molecular weight excluding hydrogens is 294 g/mol. The fraction of sp³-hybridized carbons (Fsp3) is 0.111. The van der Waals surface area contributed by atoms with Crippen molar-refractivity contribution >= 4 is 23.6 Å². The van der Waals surface area contributed by atoms with E-state index in [9.17, 15) is 9.59 Å². The Balaban J connectivity index is 2.09. The van der Waals surface area contributed by atoms with Gasteiger partial charge in [-0.1, -0.05) is 24.3 Å². The zero-order chi connectivity index (χ0) is 16.7. The minimum atomic E-state index is -0.444. The lowest BCUT2D eigenvalue weighted by Gasteiger charge is -2.07. The van der Waals surface area contributed by atoms with Crippen molar-refractivity contribution in [3.05, 3.63) is 71.3 Å². The summed E-state index contributed by atoms with van der Waals surface area (Å²) >= 11 is 0. The molecule has 0 aromatic heterocycles. The van der Waals surface area contributed by atoms with Crippen molar-refractivity contribution in [2.45, 2.75) is 0 Å². The molecule has 118 valence electrons. The Morgan fingerprint density at radius 1 is 1.13 bits per heavy atom. The SMILES string of the molecule is COC(=O)c1ccc(C(=O)Nc2cccc(C=CCO)c2)cc1. The number of rotatable bonds is 5. The highest BCUT2D eigenvalue weighted by atomic mass is 16.5. The third-order valence-electron chi connectivity index (χ3n) is 3.13. The summed E-state index contributed by atoms with van der Waals surface area (Å²) in [5.74, 6) is -0.718. The van der Waals surface area contributed by atoms with Crippen LogP contribution in [0.3, 0.4) is 0 Å². The van der Waals surface area contributed by atoms with E-state index in [2.05, 4.69) is 10.1 Å². The molecule has 0 atom stereocenters. The summed E-state index contributed by atoms with van der Waals surface area (Å²) in [5.41, 5.74) is 2.35. The third kappa shape index (κ3) is 4.52. The van der Waals surface area contributed by atoms with E-state index >= 15 is 0 Å². The lowest BCUT2D eigenvalue weighted by atomic mass is 10.1. The lowest BCUT2D eigenvalue weighted by Crippen LogP contribution is -2.12. The van der Waals surface area contributed by atoms with E-state index in [0.29, 0.717) is 16.8 Å². The first-order chi connectivity index (χ1) is 11.1. The topological polar surface area (TPSA) is 75.6 Å². The van der Waals surface area contributed by atoms with Crippen molar-refractivity contribution < 1.29 is 19.4 Å². The van der Waals surface area contributed by atoms with Crippen molar-refractivity contribution in [1.82, 2.24) is 0 Å². The van der Waals surface area contributed by atoms with Crippen LogP contribution < -0.4 is 5.32 Å². The minimum Gasteiger partial charge on any atom is -0.465 e. The van der Waals surface area contributed by atoms with Gasteiger partial charge in [-0.25, -0.2) is 4.79 Å². The summed E-state index contributed by atoms with van der Waals surface area (Å²) < 4.78 is 4.61. The molecule has 23 heavy (non-hydrogen) atoms. The number of carbonyl (C=O) groups is 2. The molecule has 0 unspecified atom stereocenters. The van der Waals surface area contributed by atoms with Crippen molar-refractivity contribution in [1.29, 1.82) is 0 Å². The van der Waals surface area contributed by atoms with E-state index in [4.69, 9.17) is 5.11 Å². The Labute approximate surface area is 134 Å². The molecule has 1 amide bonds. The normalized spacial score (nSPS) is 10.5. The first-order valence-electron chi connectivity index (χ1n) is 7.01. The molecule has 0 spiro atoms. The molecule has 0 aliphatic heterocycles. The predicted molar refractivity (Wildman–Crippen MR) is 88.3 cm³/mol. The molecule has 0 fully saturated rings. The van der Waals surface area contributed by atoms with Crippen LogP contribution in [0.5, 0.6) is 0 Å². The average molecular weight is 311 g/mol. The first kappa shape index (κ1) is 16.5. The van der Waals surface area contributed by atoms with E-state index in [0.717, 1.165) is 5.56 Å². The highest BCUT2D eigenvalue weighted by Gasteiger charge is 2.09. The maximum Gasteiger partial charge on any atom is 0.337 e. The smallest absolute Gasteiger partial charge is 0.337 e. The molecule has 0 aliphatic rings. The van der Waals surface area contributed by atoms with Crippen LogP contribution in [0, 0.1) is 0 Å². The number of anilines is 1. The Kier molecular flexibility index (Phi) is 5.66. The van der Waals surface area contributed by atoms with Crippen molar-refractivity contribution in [2.24, 2.45) is 0 Å². The van der Waals surface area contributed by atoms with Crippen molar-refractivity contribution in [3.63, 3.8) is 0 Å². The standard InChI is InChI=1S/C18H17NO4/c1-23-18(22)15-9-7-14(8-10-15)17(21)19-16-6-2-4-13(12-16)5-3-11-20/h2-10,12,20H,11H2,1H3,(H,19,21). The number of carbonyl (C=O) groups excluding carboxylic acids is 2. The van der Waals surface area contributed by atoms with E-state index in [-0.39, 0.29) is 12.5 Å². The monoisotopic (exact) mass is 311 g/mol. The number of methoxy groups -OCH3 is 1. The highest BCUT2D eigenvalue weighted by Crippen LogP contribution is 2.14. The van der Waals surface area contributed by atoms with Crippen LogP contribution in [-0.2, 0) is 4.74 Å². The maximum absolute atomic E-state index is 12.2. The van der Waals surface area contributed by atoms with Crippen LogP contribution >= 0.6 is 0 Å². The van der Waals surface area contributed by atoms with Gasteiger partial charge >= 0.3 is 5.97 Å². The maximum atomic E-state index is 12.2. The number of esters is 1. The van der Waals surface area contributed by atoms with Gasteiger partial charge in [-0.05, 0) is 42.0 Å². The molecule has 5 nitrogen and oxygen atoms in total. The Hall–Kier alpha value is -2.92. The van der Waals surface area contributed by atoms with Crippen LogP contribution in [0.4, 0.5) is 5.69 Å². The summed E-state index contributed by atoms with van der Waals surface area (Å²) in [7, 11) is 1.31. The zero-order valence-electron chi connectivity index (χ0n) is 12.7. The van der Waals surface area contributed by atoms with Gasteiger partial charge in [-0.15, -0.1) is 0 Å². The van der Waals surface area contributed by atoms with Crippen LogP contribution in [0.2, 0.25) is 0 Å². The Morgan fingerprint density at radius 2 is 1.83 bits per heavy atom. The highest BCUT2D eigenvalue weighted by molar-refractivity contribution is 6.04. The molecule has 0 saturated carbocycles. The van der Waals surface area contributed by atoms with Gasteiger partial charge in [0.25, 0.3) is 5.91 Å². The predicted octanol–water partition coefficient (Wildman–Crippen LogP) is 2.73. The minimum absolute atomic E-state index is 0.0386. The molecular formula is C18H17NO4. The van der Waals surface area contributed by atoms with Crippen LogP contribution in [0.25, 0.3) is 6.08 Å². The molecule has 2 N–H and O–H groups in total. The molecule has 2 aromatic carbocycles. The molecule has 2 aromatic rings. The van der Waals surface area contributed by atoms with Gasteiger partial charge in [0.1, 0.15) is 0 Å². The quantitative estimate of drug-likeness (QED) is 0.833. The fourth-order valence-corrected chi connectivity index (χ4v) is 1.99. The van der Waals surface area contributed by atoms with Gasteiger partial charge in [0.15, 0.2) is 0 Å². The number of benzene rings is 2. The Bertz CT molecular complexity index is 720. The molecule has 0 heterocycles. The summed E-state index contributed by atoms with van der Waals surface area (Å²) in [5, 5.41) is 11.6. The summed E-state index contributed by atoms with van der Waals surface area (Å²) in [6.45, 7) is -0.0386. The molecule has 0 radical (unpaired) electrons. The van der Waals surface area contributed by atoms with Crippen LogP contribution in [-0.4, -0.2) is 30.7 Å². The lowest BCUT2D eigenvalue weighted by molar-refractivity contribution is 0.0600. The molecule has 0 aliphatic carbocycles. The van der Waals surface area contributed by atoms with Crippen molar-refractivity contribution in [2.75, 3.05) is 19.0 Å². The first-order valence-corrected chi connectivity index (χ1v) is 7.01. The summed E-state index contributed by atoms with van der Waals surface area (Å²) in [4.78, 5) is 23.6. The molecule has 0 saturated heterocycles. The van der Waals surface area contributed by atoms with Crippen LogP contribution in [0.15, 0.2) is 54.6 Å². The number of hydrogen-bond donors (Lipinski definition) is 2. The number of aliphatic hydroxyl groups excluding tert-OH is 1. The van der Waals surface area contributed by atoms with Crippen molar-refractivity contribution in [3.8, 4) is 0 Å². The van der Waals surface area contributed by atoms with Gasteiger partial charge in [0.05, 0.1) is 19.3 Å². The number of amides is 1.